The number of hydrogen-bond acceptors (Lipinski definition) is 3. The maximum absolute atomic E-state index is 6.10. The zero-order valence-corrected chi connectivity index (χ0v) is 11.3. The van der Waals surface area contributed by atoms with Crippen LogP contribution in [0, 0.1) is 6.92 Å². The van der Waals surface area contributed by atoms with Gasteiger partial charge in [-0.3, -0.25) is 0 Å². The molecule has 1 unspecified atom stereocenters. The molecule has 3 nitrogen and oxygen atoms in total. The molecule has 2 aromatic carbocycles. The number of ether oxygens (including phenoxy) is 2. The lowest BCUT2D eigenvalue weighted by molar-refractivity contribution is 0.290. The highest BCUT2D eigenvalue weighted by Gasteiger charge is 2.07. The first kappa shape index (κ1) is 13.4. The summed E-state index contributed by atoms with van der Waals surface area (Å²) in [6, 6.07) is 15.5. The van der Waals surface area contributed by atoms with Crippen LogP contribution in [0.25, 0.3) is 0 Å². The van der Waals surface area contributed by atoms with Gasteiger partial charge in [-0.2, -0.15) is 0 Å². The average molecular weight is 257 g/mol. The first-order valence-corrected chi connectivity index (χ1v) is 6.28. The van der Waals surface area contributed by atoms with Gasteiger partial charge in [0.1, 0.15) is 18.1 Å². The largest absolute Gasteiger partial charge is 0.497 e. The number of aryl methyl sites for hydroxylation is 1. The highest BCUT2D eigenvalue weighted by atomic mass is 16.5. The summed E-state index contributed by atoms with van der Waals surface area (Å²) in [6.07, 6.45) is 0. The Hall–Kier alpha value is -2.00. The van der Waals surface area contributed by atoms with E-state index in [9.17, 15) is 0 Å². The van der Waals surface area contributed by atoms with Gasteiger partial charge in [0.15, 0.2) is 0 Å². The third-order valence-corrected chi connectivity index (χ3v) is 2.99. The van der Waals surface area contributed by atoms with E-state index >= 15 is 0 Å². The van der Waals surface area contributed by atoms with Gasteiger partial charge in [-0.15, -0.1) is 0 Å². The number of nitrogens with two attached hydrogens (primary N) is 1. The third-order valence-electron chi connectivity index (χ3n) is 2.99. The summed E-state index contributed by atoms with van der Waals surface area (Å²) in [5.41, 5.74) is 8.35. The minimum Gasteiger partial charge on any atom is -0.497 e. The van der Waals surface area contributed by atoms with E-state index in [1.807, 2.05) is 55.5 Å². The van der Waals surface area contributed by atoms with E-state index < -0.39 is 0 Å². The van der Waals surface area contributed by atoms with Crippen LogP contribution in [-0.4, -0.2) is 13.7 Å². The second kappa shape index (κ2) is 6.25. The fourth-order valence-corrected chi connectivity index (χ4v) is 1.77. The van der Waals surface area contributed by atoms with Crippen LogP contribution in [0.1, 0.15) is 17.2 Å². The highest BCUT2D eigenvalue weighted by molar-refractivity contribution is 5.30. The van der Waals surface area contributed by atoms with Crippen molar-refractivity contribution in [3.8, 4) is 11.5 Å². The van der Waals surface area contributed by atoms with Crippen molar-refractivity contribution in [1.82, 2.24) is 0 Å². The maximum Gasteiger partial charge on any atom is 0.119 e. The van der Waals surface area contributed by atoms with Crippen LogP contribution < -0.4 is 15.2 Å². The summed E-state index contributed by atoms with van der Waals surface area (Å²) in [7, 11) is 1.65. The van der Waals surface area contributed by atoms with E-state index in [1.54, 1.807) is 7.11 Å². The second-order valence-corrected chi connectivity index (χ2v) is 4.50. The molecule has 0 aromatic heterocycles. The number of hydrogen-bond donors (Lipinski definition) is 1. The van der Waals surface area contributed by atoms with Gasteiger partial charge in [-0.25, -0.2) is 0 Å². The summed E-state index contributed by atoms with van der Waals surface area (Å²) in [4.78, 5) is 0. The van der Waals surface area contributed by atoms with Gasteiger partial charge in [0.05, 0.1) is 13.2 Å². The van der Waals surface area contributed by atoms with Gasteiger partial charge in [0.25, 0.3) is 0 Å². The zero-order chi connectivity index (χ0) is 13.7. The van der Waals surface area contributed by atoms with Crippen molar-refractivity contribution in [2.24, 2.45) is 5.73 Å². The van der Waals surface area contributed by atoms with Crippen molar-refractivity contribution in [2.75, 3.05) is 13.7 Å². The van der Waals surface area contributed by atoms with Crippen molar-refractivity contribution in [1.29, 1.82) is 0 Å². The van der Waals surface area contributed by atoms with Crippen LogP contribution in [0.5, 0.6) is 11.5 Å². The summed E-state index contributed by atoms with van der Waals surface area (Å²) in [5, 5.41) is 0. The van der Waals surface area contributed by atoms with Crippen LogP contribution in [0.2, 0.25) is 0 Å². The van der Waals surface area contributed by atoms with E-state index in [2.05, 4.69) is 0 Å². The Labute approximate surface area is 114 Å². The fourth-order valence-electron chi connectivity index (χ4n) is 1.77. The molecule has 0 amide bonds. The van der Waals surface area contributed by atoms with Crippen LogP contribution in [-0.2, 0) is 0 Å². The molecular weight excluding hydrogens is 238 g/mol. The molecule has 0 bridgehead atoms. The van der Waals surface area contributed by atoms with E-state index in [4.69, 9.17) is 15.2 Å². The molecule has 2 rings (SSSR count). The molecule has 0 aliphatic rings. The highest BCUT2D eigenvalue weighted by Crippen LogP contribution is 2.18. The van der Waals surface area contributed by atoms with Gasteiger partial charge < -0.3 is 15.2 Å². The molecule has 2 N–H and O–H groups in total. The van der Waals surface area contributed by atoms with E-state index in [0.717, 1.165) is 17.1 Å². The Morgan fingerprint density at radius 1 is 0.947 bits per heavy atom. The van der Waals surface area contributed by atoms with Gasteiger partial charge in [-0.1, -0.05) is 29.8 Å². The quantitative estimate of drug-likeness (QED) is 0.895. The van der Waals surface area contributed by atoms with Crippen molar-refractivity contribution in [3.63, 3.8) is 0 Å². The van der Waals surface area contributed by atoms with Gasteiger partial charge in [0, 0.05) is 0 Å². The lowest BCUT2D eigenvalue weighted by Gasteiger charge is -2.14. The first-order chi connectivity index (χ1) is 9.19. The Morgan fingerprint density at radius 2 is 1.53 bits per heavy atom. The normalized spacial score (nSPS) is 11.9. The Morgan fingerprint density at radius 3 is 2.11 bits per heavy atom. The molecule has 0 aliphatic carbocycles. The summed E-state index contributed by atoms with van der Waals surface area (Å²) in [5.74, 6) is 1.67. The molecule has 0 heterocycles. The molecule has 100 valence electrons. The van der Waals surface area contributed by atoms with Crippen LogP contribution in [0.3, 0.4) is 0 Å². The SMILES string of the molecule is COc1ccc(C(N)COc2ccc(C)cc2)cc1. The Balaban J connectivity index is 1.93. The molecule has 2 aromatic rings. The Bertz CT molecular complexity index is 505. The topological polar surface area (TPSA) is 44.5 Å². The average Bonchev–Trinajstić information content (AvgIpc) is 2.46. The first-order valence-electron chi connectivity index (χ1n) is 6.28. The second-order valence-electron chi connectivity index (χ2n) is 4.50. The summed E-state index contributed by atoms with van der Waals surface area (Å²) >= 11 is 0. The van der Waals surface area contributed by atoms with Crippen LogP contribution >= 0.6 is 0 Å². The van der Waals surface area contributed by atoms with Gasteiger partial charge in [-0.05, 0) is 36.8 Å². The molecular formula is C16H19NO2. The monoisotopic (exact) mass is 257 g/mol. The predicted molar refractivity (Wildman–Crippen MR) is 76.6 cm³/mol. The maximum atomic E-state index is 6.10. The lowest BCUT2D eigenvalue weighted by atomic mass is 10.1. The molecule has 1 atom stereocenters. The van der Waals surface area contributed by atoms with Crippen molar-refractivity contribution in [3.05, 3.63) is 59.7 Å². The standard InChI is InChI=1S/C16H19NO2/c1-12-3-7-15(8-4-12)19-11-16(17)13-5-9-14(18-2)10-6-13/h3-10,16H,11,17H2,1-2H3. The van der Waals surface area contributed by atoms with E-state index in [-0.39, 0.29) is 6.04 Å². The molecule has 0 spiro atoms. The van der Waals surface area contributed by atoms with E-state index in [1.165, 1.54) is 5.56 Å². The number of benzene rings is 2. The van der Waals surface area contributed by atoms with Crippen LogP contribution in [0.4, 0.5) is 0 Å². The Kier molecular flexibility index (Phi) is 4.42. The number of rotatable bonds is 5. The molecule has 3 heteroatoms. The molecule has 0 aliphatic heterocycles. The molecule has 0 radical (unpaired) electrons. The number of methoxy groups -OCH3 is 1. The molecule has 0 saturated carbocycles. The smallest absolute Gasteiger partial charge is 0.119 e. The molecule has 0 saturated heterocycles. The van der Waals surface area contributed by atoms with Gasteiger partial charge in [0.2, 0.25) is 0 Å². The van der Waals surface area contributed by atoms with Gasteiger partial charge >= 0.3 is 0 Å². The molecule has 0 fully saturated rings. The lowest BCUT2D eigenvalue weighted by Crippen LogP contribution is -2.18. The third kappa shape index (κ3) is 3.73. The van der Waals surface area contributed by atoms with E-state index in [0.29, 0.717) is 6.61 Å². The van der Waals surface area contributed by atoms with Crippen LogP contribution in [0.15, 0.2) is 48.5 Å². The summed E-state index contributed by atoms with van der Waals surface area (Å²) in [6.45, 7) is 2.50. The predicted octanol–water partition coefficient (Wildman–Crippen LogP) is 3.08. The minimum absolute atomic E-state index is 0.146. The van der Waals surface area contributed by atoms with Crippen molar-refractivity contribution < 1.29 is 9.47 Å². The molecule has 19 heavy (non-hydrogen) atoms. The minimum atomic E-state index is -0.146. The zero-order valence-electron chi connectivity index (χ0n) is 11.3. The van der Waals surface area contributed by atoms with Crippen molar-refractivity contribution in [2.45, 2.75) is 13.0 Å². The summed E-state index contributed by atoms with van der Waals surface area (Å²) < 4.78 is 10.8. The van der Waals surface area contributed by atoms with Crippen molar-refractivity contribution >= 4 is 0 Å². The fraction of sp³-hybridized carbons (Fsp3) is 0.250.